The normalized spacial score (nSPS) is 12.0. The zero-order valence-corrected chi connectivity index (χ0v) is 11.5. The van der Waals surface area contributed by atoms with E-state index in [1.165, 1.54) is 7.11 Å². The standard InChI is InChI=1S/C14H20N2O3/c1-10(2)16-8-12(17)9-19-14-11(7-15)5-4-6-13(14)18-3/h4-6,10,12,16-17H,8-9H2,1-3H3. The average Bonchev–Trinajstić information content (AvgIpc) is 2.42. The third-order valence-electron chi connectivity index (χ3n) is 2.50. The van der Waals surface area contributed by atoms with Crippen molar-refractivity contribution in [2.75, 3.05) is 20.3 Å². The van der Waals surface area contributed by atoms with Crippen LogP contribution < -0.4 is 14.8 Å². The van der Waals surface area contributed by atoms with Gasteiger partial charge in [-0.25, -0.2) is 0 Å². The average molecular weight is 264 g/mol. The molecule has 1 rings (SSSR count). The number of hydrogen-bond acceptors (Lipinski definition) is 5. The summed E-state index contributed by atoms with van der Waals surface area (Å²) in [6.45, 7) is 4.55. The number of aliphatic hydroxyl groups excluding tert-OH is 1. The first-order chi connectivity index (χ1) is 9.08. The van der Waals surface area contributed by atoms with E-state index in [0.717, 1.165) is 0 Å². The van der Waals surface area contributed by atoms with Crippen LogP contribution in [0.15, 0.2) is 18.2 Å². The quantitative estimate of drug-likeness (QED) is 0.776. The van der Waals surface area contributed by atoms with Crippen molar-refractivity contribution >= 4 is 0 Å². The largest absolute Gasteiger partial charge is 0.493 e. The summed E-state index contributed by atoms with van der Waals surface area (Å²) in [5.74, 6) is 0.860. The van der Waals surface area contributed by atoms with Crippen molar-refractivity contribution < 1.29 is 14.6 Å². The summed E-state index contributed by atoms with van der Waals surface area (Å²) >= 11 is 0. The van der Waals surface area contributed by atoms with E-state index in [-0.39, 0.29) is 6.61 Å². The lowest BCUT2D eigenvalue weighted by Gasteiger charge is -2.16. The molecule has 2 N–H and O–H groups in total. The maximum Gasteiger partial charge on any atom is 0.179 e. The summed E-state index contributed by atoms with van der Waals surface area (Å²) in [7, 11) is 1.51. The van der Waals surface area contributed by atoms with Crippen molar-refractivity contribution in [3.05, 3.63) is 23.8 Å². The van der Waals surface area contributed by atoms with E-state index in [1.807, 2.05) is 19.9 Å². The van der Waals surface area contributed by atoms with Gasteiger partial charge in [0.1, 0.15) is 18.8 Å². The lowest BCUT2D eigenvalue weighted by molar-refractivity contribution is 0.103. The SMILES string of the molecule is COc1cccc(C#N)c1OCC(O)CNC(C)C. The number of nitriles is 1. The fraction of sp³-hybridized carbons (Fsp3) is 0.500. The van der Waals surface area contributed by atoms with E-state index in [9.17, 15) is 5.11 Å². The number of methoxy groups -OCH3 is 1. The van der Waals surface area contributed by atoms with Gasteiger partial charge in [-0.3, -0.25) is 0 Å². The Labute approximate surface area is 113 Å². The minimum Gasteiger partial charge on any atom is -0.493 e. The van der Waals surface area contributed by atoms with Crippen LogP contribution in [0.3, 0.4) is 0 Å². The zero-order chi connectivity index (χ0) is 14.3. The van der Waals surface area contributed by atoms with Gasteiger partial charge in [0.15, 0.2) is 11.5 Å². The Morgan fingerprint density at radius 3 is 2.74 bits per heavy atom. The molecule has 0 aliphatic carbocycles. The molecule has 0 fully saturated rings. The highest BCUT2D eigenvalue weighted by Crippen LogP contribution is 2.30. The van der Waals surface area contributed by atoms with Crippen molar-refractivity contribution in [1.82, 2.24) is 5.32 Å². The molecule has 19 heavy (non-hydrogen) atoms. The minimum absolute atomic E-state index is 0.106. The van der Waals surface area contributed by atoms with Gasteiger partial charge < -0.3 is 19.9 Å². The van der Waals surface area contributed by atoms with Gasteiger partial charge in [-0.05, 0) is 12.1 Å². The molecule has 0 spiro atoms. The molecule has 0 aliphatic rings. The third-order valence-corrected chi connectivity index (χ3v) is 2.50. The fourth-order valence-corrected chi connectivity index (χ4v) is 1.52. The van der Waals surface area contributed by atoms with Gasteiger partial charge in [0, 0.05) is 12.6 Å². The van der Waals surface area contributed by atoms with Gasteiger partial charge >= 0.3 is 0 Å². The predicted octanol–water partition coefficient (Wildman–Crippen LogP) is 1.30. The van der Waals surface area contributed by atoms with Crippen LogP contribution >= 0.6 is 0 Å². The Bertz CT molecular complexity index is 441. The van der Waals surface area contributed by atoms with Crippen LogP contribution in [-0.2, 0) is 0 Å². The van der Waals surface area contributed by atoms with Crippen molar-refractivity contribution in [2.24, 2.45) is 0 Å². The Morgan fingerprint density at radius 2 is 2.16 bits per heavy atom. The summed E-state index contributed by atoms with van der Waals surface area (Å²) in [5, 5.41) is 21.9. The molecule has 0 heterocycles. The van der Waals surface area contributed by atoms with Crippen LogP contribution in [0.4, 0.5) is 0 Å². The van der Waals surface area contributed by atoms with E-state index in [0.29, 0.717) is 29.6 Å². The molecule has 0 aromatic heterocycles. The van der Waals surface area contributed by atoms with Gasteiger partial charge in [0.05, 0.1) is 12.7 Å². The van der Waals surface area contributed by atoms with Crippen LogP contribution in [-0.4, -0.2) is 37.5 Å². The molecule has 0 saturated heterocycles. The van der Waals surface area contributed by atoms with E-state index in [1.54, 1.807) is 18.2 Å². The van der Waals surface area contributed by atoms with Gasteiger partial charge in [0.2, 0.25) is 0 Å². The number of ether oxygens (including phenoxy) is 2. The first-order valence-electron chi connectivity index (χ1n) is 6.19. The second kappa shape index (κ2) is 7.62. The second-order valence-electron chi connectivity index (χ2n) is 4.48. The maximum absolute atomic E-state index is 9.78. The van der Waals surface area contributed by atoms with Gasteiger partial charge in [0.25, 0.3) is 0 Å². The Kier molecular flexibility index (Phi) is 6.13. The molecule has 0 radical (unpaired) electrons. The molecule has 104 valence electrons. The van der Waals surface area contributed by atoms with Crippen molar-refractivity contribution in [1.29, 1.82) is 5.26 Å². The van der Waals surface area contributed by atoms with Crippen LogP contribution in [0.25, 0.3) is 0 Å². The summed E-state index contributed by atoms with van der Waals surface area (Å²) in [6.07, 6.45) is -0.640. The number of benzene rings is 1. The molecule has 0 saturated carbocycles. The fourth-order valence-electron chi connectivity index (χ4n) is 1.52. The van der Waals surface area contributed by atoms with Gasteiger partial charge in [-0.2, -0.15) is 5.26 Å². The summed E-state index contributed by atoms with van der Waals surface area (Å²) in [4.78, 5) is 0. The highest BCUT2D eigenvalue weighted by Gasteiger charge is 2.13. The molecular weight excluding hydrogens is 244 g/mol. The zero-order valence-electron chi connectivity index (χ0n) is 11.5. The highest BCUT2D eigenvalue weighted by atomic mass is 16.5. The molecule has 0 bridgehead atoms. The lowest BCUT2D eigenvalue weighted by Crippen LogP contribution is -2.35. The summed E-state index contributed by atoms with van der Waals surface area (Å²) in [5.41, 5.74) is 0.392. The van der Waals surface area contributed by atoms with Crippen LogP contribution in [0.2, 0.25) is 0 Å². The van der Waals surface area contributed by atoms with E-state index < -0.39 is 6.10 Å². The van der Waals surface area contributed by atoms with E-state index in [2.05, 4.69) is 5.32 Å². The first-order valence-corrected chi connectivity index (χ1v) is 6.19. The number of nitrogens with zero attached hydrogens (tertiary/aromatic N) is 1. The number of nitrogens with one attached hydrogen (secondary N) is 1. The van der Waals surface area contributed by atoms with E-state index >= 15 is 0 Å². The van der Waals surface area contributed by atoms with Crippen molar-refractivity contribution in [2.45, 2.75) is 26.0 Å². The Hall–Kier alpha value is -1.77. The molecule has 1 aromatic rings. The lowest BCUT2D eigenvalue weighted by atomic mass is 10.2. The molecule has 1 atom stereocenters. The van der Waals surface area contributed by atoms with E-state index in [4.69, 9.17) is 14.7 Å². The molecule has 0 aliphatic heterocycles. The third kappa shape index (κ3) is 4.78. The minimum atomic E-state index is -0.640. The summed E-state index contributed by atoms with van der Waals surface area (Å²) in [6, 6.07) is 7.43. The Balaban J connectivity index is 2.64. The number of aliphatic hydroxyl groups is 1. The number of hydrogen-bond donors (Lipinski definition) is 2. The smallest absolute Gasteiger partial charge is 0.179 e. The van der Waals surface area contributed by atoms with Gasteiger partial charge in [-0.1, -0.05) is 19.9 Å². The Morgan fingerprint density at radius 1 is 1.42 bits per heavy atom. The van der Waals surface area contributed by atoms with Crippen LogP contribution in [0, 0.1) is 11.3 Å². The molecule has 1 aromatic carbocycles. The second-order valence-corrected chi connectivity index (χ2v) is 4.48. The van der Waals surface area contributed by atoms with Crippen molar-refractivity contribution in [3.8, 4) is 17.6 Å². The monoisotopic (exact) mass is 264 g/mol. The topological polar surface area (TPSA) is 74.5 Å². The number of para-hydroxylation sites is 1. The van der Waals surface area contributed by atoms with Crippen molar-refractivity contribution in [3.63, 3.8) is 0 Å². The number of rotatable bonds is 7. The highest BCUT2D eigenvalue weighted by molar-refractivity contribution is 5.52. The van der Waals surface area contributed by atoms with Gasteiger partial charge in [-0.15, -0.1) is 0 Å². The first kappa shape index (κ1) is 15.3. The molecule has 1 unspecified atom stereocenters. The maximum atomic E-state index is 9.78. The molecule has 0 amide bonds. The molecule has 5 heteroatoms. The summed E-state index contributed by atoms with van der Waals surface area (Å²) < 4.78 is 10.7. The predicted molar refractivity (Wildman–Crippen MR) is 72.3 cm³/mol. The molecular formula is C14H20N2O3. The van der Waals surface area contributed by atoms with Crippen LogP contribution in [0.5, 0.6) is 11.5 Å². The van der Waals surface area contributed by atoms with Crippen LogP contribution in [0.1, 0.15) is 19.4 Å². The molecule has 5 nitrogen and oxygen atoms in total.